The molecule has 32 heavy (non-hydrogen) atoms. The van der Waals surface area contributed by atoms with Gasteiger partial charge in [0.05, 0.1) is 28.6 Å². The number of anilines is 1. The van der Waals surface area contributed by atoms with Crippen LogP contribution in [0.15, 0.2) is 18.7 Å². The van der Waals surface area contributed by atoms with Gasteiger partial charge in [-0.15, -0.1) is 0 Å². The normalized spacial score (nSPS) is 24.7. The molecule has 2 heterocycles. The Bertz CT molecular complexity index is 996. The molecule has 0 amide bonds. The lowest BCUT2D eigenvalue weighted by molar-refractivity contribution is -0.0917. The van der Waals surface area contributed by atoms with Crippen LogP contribution in [0.4, 0.5) is 14.7 Å². The van der Waals surface area contributed by atoms with Crippen molar-refractivity contribution in [3.05, 3.63) is 35.5 Å². The lowest BCUT2D eigenvalue weighted by Gasteiger charge is -2.51. The minimum atomic E-state index is -2.98. The van der Waals surface area contributed by atoms with Gasteiger partial charge in [-0.05, 0) is 50.4 Å². The van der Waals surface area contributed by atoms with Gasteiger partial charge in [-0.3, -0.25) is 0 Å². The van der Waals surface area contributed by atoms with Gasteiger partial charge in [0.1, 0.15) is 12.4 Å². The third kappa shape index (κ3) is 5.10. The highest BCUT2D eigenvalue weighted by atomic mass is 19.3. The minimum Gasteiger partial charge on any atom is -0.471 e. The van der Waals surface area contributed by atoms with Crippen molar-refractivity contribution in [2.24, 2.45) is 5.41 Å². The van der Waals surface area contributed by atoms with E-state index < -0.39 is 18.1 Å². The van der Waals surface area contributed by atoms with E-state index in [2.05, 4.69) is 31.3 Å². The van der Waals surface area contributed by atoms with Crippen molar-refractivity contribution in [3.63, 3.8) is 0 Å². The number of alkyl halides is 2. The first kappa shape index (κ1) is 22.3. The Balaban J connectivity index is 1.46. The molecule has 0 unspecified atom stereocenters. The van der Waals surface area contributed by atoms with Crippen molar-refractivity contribution in [3.8, 4) is 11.9 Å². The molecule has 170 valence electrons. The number of hydrogen-bond donors (Lipinski definition) is 2. The van der Waals surface area contributed by atoms with Gasteiger partial charge in [0.15, 0.2) is 6.61 Å². The zero-order valence-electron chi connectivity index (χ0n) is 17.9. The second-order valence-electron chi connectivity index (χ2n) is 9.13. The number of ether oxygens (including phenoxy) is 1. The molecular weight excluding hydrogens is 418 g/mol. The average Bonchev–Trinajstić information content (AvgIpc) is 2.77. The third-order valence-electron chi connectivity index (χ3n) is 6.54. The first-order valence-corrected chi connectivity index (χ1v) is 10.7. The predicted octanol–water partition coefficient (Wildman–Crippen LogP) is 3.41. The van der Waals surface area contributed by atoms with E-state index in [9.17, 15) is 19.1 Å². The fourth-order valence-electron chi connectivity index (χ4n) is 4.56. The van der Waals surface area contributed by atoms with Crippen molar-refractivity contribution in [2.75, 3.05) is 11.9 Å². The summed E-state index contributed by atoms with van der Waals surface area (Å²) >= 11 is 0. The Hall–Kier alpha value is -2.93. The molecule has 2 aromatic rings. The van der Waals surface area contributed by atoms with E-state index in [0.29, 0.717) is 29.2 Å². The van der Waals surface area contributed by atoms with Crippen LogP contribution in [0.1, 0.15) is 62.3 Å². The summed E-state index contributed by atoms with van der Waals surface area (Å²) in [6.45, 7) is 0.164. The zero-order chi connectivity index (χ0) is 22.8. The summed E-state index contributed by atoms with van der Waals surface area (Å²) in [6.07, 6.45) is 10.0. The Morgan fingerprint density at radius 2 is 1.91 bits per heavy atom. The van der Waals surface area contributed by atoms with Gasteiger partial charge >= 0.3 is 0 Å². The Kier molecular flexibility index (Phi) is 5.95. The van der Waals surface area contributed by atoms with Crippen LogP contribution in [-0.4, -0.2) is 43.2 Å². The summed E-state index contributed by atoms with van der Waals surface area (Å²) in [7, 11) is 0. The van der Waals surface area contributed by atoms with Crippen LogP contribution in [0.25, 0.3) is 0 Å². The van der Waals surface area contributed by atoms with E-state index in [1.165, 1.54) is 18.7 Å². The summed E-state index contributed by atoms with van der Waals surface area (Å²) in [6, 6.07) is 2.17. The van der Waals surface area contributed by atoms with Gasteiger partial charge < -0.3 is 15.2 Å². The third-order valence-corrected chi connectivity index (χ3v) is 6.54. The number of nitriles is 1. The van der Waals surface area contributed by atoms with Crippen molar-refractivity contribution >= 4 is 5.95 Å². The molecule has 5 rings (SSSR count). The number of rotatable bonds is 8. The molecule has 2 aromatic heterocycles. The highest BCUT2D eigenvalue weighted by Crippen LogP contribution is 2.53. The number of nitrogens with one attached hydrogen (secondary N) is 1. The summed E-state index contributed by atoms with van der Waals surface area (Å²) in [4.78, 5) is 16.7. The second kappa shape index (κ2) is 8.54. The lowest BCUT2D eigenvalue weighted by atomic mass is 9.57. The van der Waals surface area contributed by atoms with Crippen LogP contribution in [0.5, 0.6) is 5.88 Å². The van der Waals surface area contributed by atoms with Gasteiger partial charge in [-0.1, -0.05) is 0 Å². The van der Waals surface area contributed by atoms with Crippen LogP contribution in [0.2, 0.25) is 0 Å². The molecule has 0 radical (unpaired) electrons. The van der Waals surface area contributed by atoms with Crippen molar-refractivity contribution in [1.29, 1.82) is 5.26 Å². The van der Waals surface area contributed by atoms with E-state index in [4.69, 9.17) is 4.74 Å². The standard InChI is InChI=1S/C22H26F2N6O2/c1-20(23,24)13-32-18-16(10-26-14-29-18)12-28-19-27-11-15(9-25)17(30-19)8-21-2-5-22(31,6-3-21)7-4-21/h10-11,14,31H,2-8,12-13H2,1H3,(H,27,28,30). The van der Waals surface area contributed by atoms with Gasteiger partial charge in [0.2, 0.25) is 11.8 Å². The Labute approximate surface area is 185 Å². The van der Waals surface area contributed by atoms with Crippen LogP contribution in [0, 0.1) is 16.7 Å². The largest absolute Gasteiger partial charge is 0.471 e. The number of nitrogens with zero attached hydrogens (tertiary/aromatic N) is 5. The van der Waals surface area contributed by atoms with E-state index in [0.717, 1.165) is 45.4 Å². The predicted molar refractivity (Wildman–Crippen MR) is 111 cm³/mol. The van der Waals surface area contributed by atoms with Gasteiger partial charge in [0.25, 0.3) is 5.92 Å². The molecule has 0 aliphatic heterocycles. The smallest absolute Gasteiger partial charge is 0.278 e. The van der Waals surface area contributed by atoms with Crippen molar-refractivity contribution in [1.82, 2.24) is 19.9 Å². The molecule has 3 aliphatic carbocycles. The number of fused-ring (bicyclic) bond motifs is 3. The van der Waals surface area contributed by atoms with E-state index in [1.807, 2.05) is 0 Å². The van der Waals surface area contributed by atoms with Crippen LogP contribution < -0.4 is 10.1 Å². The first-order chi connectivity index (χ1) is 15.2. The molecular formula is C22H26F2N6O2. The van der Waals surface area contributed by atoms with E-state index in [1.54, 1.807) is 0 Å². The maximum absolute atomic E-state index is 13.1. The fraction of sp³-hybridized carbons (Fsp3) is 0.591. The summed E-state index contributed by atoms with van der Waals surface area (Å²) in [5.41, 5.74) is 1.15. The van der Waals surface area contributed by atoms with Gasteiger partial charge in [0, 0.05) is 19.7 Å². The van der Waals surface area contributed by atoms with Crippen molar-refractivity contribution in [2.45, 2.75) is 69.9 Å². The SMILES string of the molecule is CC(F)(F)COc1ncncc1CNc1ncc(C#N)c(CC23CCC(O)(CC2)CC3)n1. The first-order valence-electron chi connectivity index (χ1n) is 10.7. The average molecular weight is 444 g/mol. The van der Waals surface area contributed by atoms with Crippen LogP contribution in [-0.2, 0) is 13.0 Å². The molecule has 3 aliphatic rings. The van der Waals surface area contributed by atoms with Gasteiger partial charge in [-0.25, -0.2) is 28.7 Å². The Morgan fingerprint density at radius 1 is 1.19 bits per heavy atom. The maximum Gasteiger partial charge on any atom is 0.278 e. The van der Waals surface area contributed by atoms with Crippen molar-refractivity contribution < 1.29 is 18.6 Å². The minimum absolute atomic E-state index is 0.0569. The molecule has 3 fully saturated rings. The number of halogens is 2. The van der Waals surface area contributed by atoms with Gasteiger partial charge in [-0.2, -0.15) is 5.26 Å². The Morgan fingerprint density at radius 3 is 2.56 bits per heavy atom. The maximum atomic E-state index is 13.1. The molecule has 0 atom stereocenters. The topological polar surface area (TPSA) is 117 Å². The number of hydrogen-bond acceptors (Lipinski definition) is 8. The second-order valence-corrected chi connectivity index (χ2v) is 9.13. The van der Waals surface area contributed by atoms with E-state index in [-0.39, 0.29) is 17.8 Å². The fourth-order valence-corrected chi connectivity index (χ4v) is 4.56. The molecule has 8 nitrogen and oxygen atoms in total. The molecule has 0 spiro atoms. The molecule has 2 bridgehead atoms. The monoisotopic (exact) mass is 444 g/mol. The van der Waals surface area contributed by atoms with E-state index >= 15 is 0 Å². The molecule has 10 heteroatoms. The molecule has 3 saturated carbocycles. The molecule has 0 aromatic carbocycles. The number of aromatic nitrogens is 4. The summed E-state index contributed by atoms with van der Waals surface area (Å²) in [5.74, 6) is -2.58. The summed E-state index contributed by atoms with van der Waals surface area (Å²) in [5, 5.41) is 23.1. The molecule has 0 saturated heterocycles. The zero-order valence-corrected chi connectivity index (χ0v) is 17.9. The van der Waals surface area contributed by atoms with Crippen LogP contribution in [0.3, 0.4) is 0 Å². The highest BCUT2D eigenvalue weighted by molar-refractivity contribution is 5.38. The summed E-state index contributed by atoms with van der Waals surface area (Å²) < 4.78 is 31.4. The number of aliphatic hydroxyl groups is 1. The van der Waals surface area contributed by atoms with Crippen LogP contribution >= 0.6 is 0 Å². The highest BCUT2D eigenvalue weighted by Gasteiger charge is 2.47. The molecule has 2 N–H and O–H groups in total. The quantitative estimate of drug-likeness (QED) is 0.636. The lowest BCUT2D eigenvalue weighted by Crippen LogP contribution is -2.46.